The number of H-pyrrole nitrogens is 1. The molecule has 0 aliphatic rings. The summed E-state index contributed by atoms with van der Waals surface area (Å²) in [7, 11) is 0. The zero-order chi connectivity index (χ0) is 20.1. The molecule has 5 nitrogen and oxygen atoms in total. The van der Waals surface area contributed by atoms with E-state index in [-0.39, 0.29) is 18.0 Å². The summed E-state index contributed by atoms with van der Waals surface area (Å²) in [6, 6.07) is 13.9. The van der Waals surface area contributed by atoms with Crippen LogP contribution < -0.4 is 5.32 Å². The fraction of sp³-hybridized carbons (Fsp3) is 0.273. The van der Waals surface area contributed by atoms with E-state index < -0.39 is 0 Å². The molecule has 0 saturated carbocycles. The van der Waals surface area contributed by atoms with Gasteiger partial charge in [-0.25, -0.2) is 4.98 Å². The topological polar surface area (TPSA) is 62.7 Å². The standard InChI is InChI=1S/C22H24N4OS2/c1-28-12-9-19(22-24-17-6-2-3-7-18(17)25-22)23-21(27)14-20(16-8-13-29-15-16)26-10-4-5-11-26/h2-8,10-11,13,15,19-20H,9,12,14H2,1H3,(H,23,27)(H,24,25)/t19-,20?/m1/s1. The monoisotopic (exact) mass is 424 g/mol. The minimum absolute atomic E-state index is 0.00637. The van der Waals surface area contributed by atoms with E-state index in [2.05, 4.69) is 38.0 Å². The highest BCUT2D eigenvalue weighted by Crippen LogP contribution is 2.26. The minimum Gasteiger partial charge on any atom is -0.346 e. The highest BCUT2D eigenvalue weighted by atomic mass is 32.2. The molecule has 3 aromatic heterocycles. The van der Waals surface area contributed by atoms with Crippen molar-refractivity contribution in [1.29, 1.82) is 0 Å². The van der Waals surface area contributed by atoms with Crippen molar-refractivity contribution in [1.82, 2.24) is 19.9 Å². The molecule has 0 spiro atoms. The number of aromatic nitrogens is 3. The third-order valence-electron chi connectivity index (χ3n) is 4.98. The van der Waals surface area contributed by atoms with E-state index >= 15 is 0 Å². The third-order valence-corrected chi connectivity index (χ3v) is 6.32. The Morgan fingerprint density at radius 3 is 2.79 bits per heavy atom. The van der Waals surface area contributed by atoms with Crippen LogP contribution in [0.3, 0.4) is 0 Å². The maximum Gasteiger partial charge on any atom is 0.223 e. The number of rotatable bonds is 9. The van der Waals surface area contributed by atoms with Crippen LogP contribution in [0.5, 0.6) is 0 Å². The van der Waals surface area contributed by atoms with Crippen molar-refractivity contribution in [3.8, 4) is 0 Å². The van der Waals surface area contributed by atoms with Gasteiger partial charge in [0.25, 0.3) is 0 Å². The van der Waals surface area contributed by atoms with Gasteiger partial charge in [-0.05, 0) is 65.1 Å². The highest BCUT2D eigenvalue weighted by Gasteiger charge is 2.22. The molecule has 29 heavy (non-hydrogen) atoms. The molecule has 1 unspecified atom stereocenters. The number of hydrogen-bond acceptors (Lipinski definition) is 4. The number of imidazole rings is 1. The first-order chi connectivity index (χ1) is 14.2. The molecule has 4 aromatic rings. The van der Waals surface area contributed by atoms with Crippen LogP contribution in [0, 0.1) is 0 Å². The smallest absolute Gasteiger partial charge is 0.223 e. The Bertz CT molecular complexity index is 973. The van der Waals surface area contributed by atoms with Gasteiger partial charge in [-0.2, -0.15) is 23.1 Å². The van der Waals surface area contributed by atoms with Crippen molar-refractivity contribution < 1.29 is 4.79 Å². The number of amides is 1. The number of aromatic amines is 1. The van der Waals surface area contributed by atoms with Crippen LogP contribution >= 0.6 is 23.1 Å². The van der Waals surface area contributed by atoms with Crippen LogP contribution in [0.4, 0.5) is 0 Å². The number of hydrogen-bond donors (Lipinski definition) is 2. The normalized spacial score (nSPS) is 13.4. The zero-order valence-corrected chi connectivity index (χ0v) is 17.9. The lowest BCUT2D eigenvalue weighted by atomic mass is 10.1. The summed E-state index contributed by atoms with van der Waals surface area (Å²) < 4.78 is 2.10. The lowest BCUT2D eigenvalue weighted by Crippen LogP contribution is -2.31. The van der Waals surface area contributed by atoms with E-state index in [0.29, 0.717) is 6.42 Å². The van der Waals surface area contributed by atoms with Crippen LogP contribution in [0.15, 0.2) is 65.6 Å². The average Bonchev–Trinajstić information content (AvgIpc) is 3.49. The first-order valence-electron chi connectivity index (χ1n) is 9.62. The van der Waals surface area contributed by atoms with Gasteiger partial charge in [0, 0.05) is 12.4 Å². The van der Waals surface area contributed by atoms with Gasteiger partial charge in [0.2, 0.25) is 5.91 Å². The van der Waals surface area contributed by atoms with E-state index in [0.717, 1.165) is 34.6 Å². The van der Waals surface area contributed by atoms with Gasteiger partial charge in [-0.1, -0.05) is 12.1 Å². The maximum atomic E-state index is 13.0. The van der Waals surface area contributed by atoms with Gasteiger partial charge in [0.15, 0.2) is 0 Å². The summed E-state index contributed by atoms with van der Waals surface area (Å²) in [5, 5.41) is 7.40. The van der Waals surface area contributed by atoms with Gasteiger partial charge < -0.3 is 14.9 Å². The van der Waals surface area contributed by atoms with Crippen molar-refractivity contribution in [3.63, 3.8) is 0 Å². The van der Waals surface area contributed by atoms with Crippen LogP contribution in [-0.4, -0.2) is 32.5 Å². The van der Waals surface area contributed by atoms with Gasteiger partial charge in [-0.3, -0.25) is 4.79 Å². The highest BCUT2D eigenvalue weighted by molar-refractivity contribution is 7.98. The molecule has 4 rings (SSSR count). The minimum atomic E-state index is -0.130. The number of thioether (sulfide) groups is 1. The molecule has 0 radical (unpaired) electrons. The number of nitrogens with one attached hydrogen (secondary N) is 2. The van der Waals surface area contributed by atoms with Crippen molar-refractivity contribution in [2.45, 2.75) is 24.9 Å². The molecule has 1 aromatic carbocycles. The molecule has 0 bridgehead atoms. The summed E-state index contributed by atoms with van der Waals surface area (Å²) in [6.07, 6.45) is 7.33. The Morgan fingerprint density at radius 2 is 2.07 bits per heavy atom. The largest absolute Gasteiger partial charge is 0.346 e. The molecule has 0 aliphatic heterocycles. The van der Waals surface area contributed by atoms with Crippen molar-refractivity contribution in [2.24, 2.45) is 0 Å². The number of carbonyl (C=O) groups excluding carboxylic acids is 1. The maximum absolute atomic E-state index is 13.0. The van der Waals surface area contributed by atoms with E-state index in [1.165, 1.54) is 0 Å². The molecular weight excluding hydrogens is 400 g/mol. The summed E-state index contributed by atoms with van der Waals surface area (Å²) in [6.45, 7) is 0. The molecule has 2 atom stereocenters. The fourth-order valence-electron chi connectivity index (χ4n) is 3.49. The number of thiophene rings is 1. The lowest BCUT2D eigenvalue weighted by Gasteiger charge is -2.21. The van der Waals surface area contributed by atoms with Crippen LogP contribution in [0.2, 0.25) is 0 Å². The summed E-state index contributed by atoms with van der Waals surface area (Å²) in [5.74, 6) is 1.80. The van der Waals surface area contributed by atoms with Crippen molar-refractivity contribution >= 4 is 40.0 Å². The Labute approximate surface area is 178 Å². The molecule has 1 amide bonds. The second-order valence-electron chi connectivity index (χ2n) is 6.95. The summed E-state index contributed by atoms with van der Waals surface area (Å²) >= 11 is 3.43. The second kappa shape index (κ2) is 9.33. The van der Waals surface area contributed by atoms with Crippen LogP contribution in [0.25, 0.3) is 11.0 Å². The second-order valence-corrected chi connectivity index (χ2v) is 8.71. The predicted octanol–water partition coefficient (Wildman–Crippen LogP) is 5.02. The number of fused-ring (bicyclic) bond motifs is 1. The van der Waals surface area contributed by atoms with E-state index in [1.807, 2.05) is 48.8 Å². The van der Waals surface area contributed by atoms with Crippen LogP contribution in [-0.2, 0) is 4.79 Å². The molecule has 0 aliphatic carbocycles. The van der Waals surface area contributed by atoms with Gasteiger partial charge in [0.05, 0.1) is 29.5 Å². The Hall–Kier alpha value is -2.51. The summed E-state index contributed by atoms with van der Waals surface area (Å²) in [4.78, 5) is 21.1. The molecule has 7 heteroatoms. The van der Waals surface area contributed by atoms with E-state index in [4.69, 9.17) is 4.98 Å². The number of carbonyl (C=O) groups is 1. The first kappa shape index (κ1) is 19.8. The first-order valence-corrected chi connectivity index (χ1v) is 12.0. The number of para-hydroxylation sites is 2. The summed E-state index contributed by atoms with van der Waals surface area (Å²) in [5.41, 5.74) is 3.08. The molecule has 2 N–H and O–H groups in total. The number of benzene rings is 1. The van der Waals surface area contributed by atoms with Crippen molar-refractivity contribution in [2.75, 3.05) is 12.0 Å². The Morgan fingerprint density at radius 1 is 1.24 bits per heavy atom. The Kier molecular flexibility index (Phi) is 6.36. The zero-order valence-electron chi connectivity index (χ0n) is 16.2. The third kappa shape index (κ3) is 4.74. The quantitative estimate of drug-likeness (QED) is 0.397. The van der Waals surface area contributed by atoms with Gasteiger partial charge >= 0.3 is 0 Å². The average molecular weight is 425 g/mol. The Balaban J connectivity index is 1.52. The number of nitrogens with zero attached hydrogens (tertiary/aromatic N) is 2. The molecule has 3 heterocycles. The molecule has 0 fully saturated rings. The fourth-order valence-corrected chi connectivity index (χ4v) is 4.67. The van der Waals surface area contributed by atoms with E-state index in [1.54, 1.807) is 23.1 Å². The predicted molar refractivity (Wildman–Crippen MR) is 121 cm³/mol. The van der Waals surface area contributed by atoms with Crippen LogP contribution in [0.1, 0.15) is 36.3 Å². The lowest BCUT2D eigenvalue weighted by molar-refractivity contribution is -0.122. The molecule has 0 saturated heterocycles. The molecule has 150 valence electrons. The SMILES string of the molecule is CSCC[C@@H](NC(=O)CC(c1ccsc1)n1cccc1)c1nc2ccccc2[nH]1. The van der Waals surface area contributed by atoms with Gasteiger partial charge in [0.1, 0.15) is 5.82 Å². The van der Waals surface area contributed by atoms with Crippen molar-refractivity contribution in [3.05, 3.63) is 77.0 Å². The molecular formula is C22H24N4OS2. The van der Waals surface area contributed by atoms with Gasteiger partial charge in [-0.15, -0.1) is 0 Å². The van der Waals surface area contributed by atoms with E-state index in [9.17, 15) is 4.79 Å².